The fourth-order valence-electron chi connectivity index (χ4n) is 2.84. The van der Waals surface area contributed by atoms with Crippen LogP contribution in [0.3, 0.4) is 0 Å². The van der Waals surface area contributed by atoms with Crippen LogP contribution < -0.4 is 10.6 Å². The van der Waals surface area contributed by atoms with Crippen LogP contribution in [-0.2, 0) is 9.59 Å². The number of nitrogens with zero attached hydrogens (tertiary/aromatic N) is 1. The second-order valence-corrected chi connectivity index (χ2v) is 10.5. The van der Waals surface area contributed by atoms with E-state index >= 15 is 0 Å². The number of carbonyl (C=O) groups excluding carboxylic acids is 2. The van der Waals surface area contributed by atoms with Crippen molar-refractivity contribution in [3.8, 4) is 20.3 Å². The topological polar surface area (TPSA) is 71.1 Å². The van der Waals surface area contributed by atoms with E-state index in [1.807, 2.05) is 60.1 Å². The van der Waals surface area contributed by atoms with Gasteiger partial charge in [0.15, 0.2) is 5.13 Å². The minimum absolute atomic E-state index is 0.127. The Bertz CT molecular complexity index is 1120. The third-order valence-electron chi connectivity index (χ3n) is 4.14. The van der Waals surface area contributed by atoms with Gasteiger partial charge in [-0.3, -0.25) is 9.59 Å². The van der Waals surface area contributed by atoms with Gasteiger partial charge in [-0.1, -0.05) is 35.6 Å². The highest BCUT2D eigenvalue weighted by Gasteiger charge is 2.18. The van der Waals surface area contributed by atoms with Gasteiger partial charge in [0.05, 0.1) is 21.3 Å². The largest absolute Gasteiger partial charge is 0.325 e. The van der Waals surface area contributed by atoms with Crippen molar-refractivity contribution in [2.45, 2.75) is 6.92 Å². The van der Waals surface area contributed by atoms with Gasteiger partial charge in [0, 0.05) is 10.6 Å². The van der Waals surface area contributed by atoms with Crippen molar-refractivity contribution in [3.05, 3.63) is 64.9 Å². The summed E-state index contributed by atoms with van der Waals surface area (Å²) in [5.41, 5.74) is 2.74. The number of thiophene rings is 2. The Morgan fingerprint density at radius 2 is 1.65 bits per heavy atom. The summed E-state index contributed by atoms with van der Waals surface area (Å²) in [6.45, 7) is 1.97. The molecule has 0 aliphatic rings. The van der Waals surface area contributed by atoms with Crippen LogP contribution in [0, 0.1) is 6.92 Å². The average molecular weight is 486 g/mol. The molecule has 2 amide bonds. The van der Waals surface area contributed by atoms with Crippen molar-refractivity contribution in [2.24, 2.45) is 0 Å². The van der Waals surface area contributed by atoms with Crippen molar-refractivity contribution in [3.63, 3.8) is 0 Å². The molecule has 4 aromatic rings. The predicted molar refractivity (Wildman–Crippen MR) is 135 cm³/mol. The van der Waals surface area contributed by atoms with Crippen LogP contribution >= 0.6 is 45.8 Å². The molecule has 3 aromatic heterocycles. The summed E-state index contributed by atoms with van der Waals surface area (Å²) >= 11 is 6.03. The molecule has 0 saturated heterocycles. The number of anilines is 2. The van der Waals surface area contributed by atoms with Crippen molar-refractivity contribution in [1.29, 1.82) is 0 Å². The van der Waals surface area contributed by atoms with E-state index in [0.29, 0.717) is 5.13 Å². The molecule has 0 fully saturated rings. The number of rotatable bonds is 8. The first-order valence-corrected chi connectivity index (χ1v) is 13.1. The molecular formula is C22H19N3O2S4. The fourth-order valence-corrected chi connectivity index (χ4v) is 6.09. The van der Waals surface area contributed by atoms with Gasteiger partial charge in [-0.15, -0.1) is 34.4 Å². The van der Waals surface area contributed by atoms with E-state index < -0.39 is 0 Å². The van der Waals surface area contributed by atoms with E-state index in [0.717, 1.165) is 31.6 Å². The van der Waals surface area contributed by atoms with Gasteiger partial charge >= 0.3 is 0 Å². The molecule has 9 heteroatoms. The number of aryl methyl sites for hydroxylation is 1. The first-order chi connectivity index (χ1) is 15.1. The Balaban J connectivity index is 1.33. The highest BCUT2D eigenvalue weighted by atomic mass is 32.2. The van der Waals surface area contributed by atoms with Crippen LogP contribution in [0.2, 0.25) is 0 Å². The minimum Gasteiger partial charge on any atom is -0.325 e. The quantitative estimate of drug-likeness (QED) is 0.311. The zero-order chi connectivity index (χ0) is 21.6. The van der Waals surface area contributed by atoms with Crippen molar-refractivity contribution in [1.82, 2.24) is 4.98 Å². The minimum atomic E-state index is -0.169. The highest BCUT2D eigenvalue weighted by Crippen LogP contribution is 2.42. The maximum Gasteiger partial charge on any atom is 0.236 e. The molecule has 158 valence electrons. The summed E-state index contributed by atoms with van der Waals surface area (Å²) in [6.07, 6.45) is 0. The summed E-state index contributed by atoms with van der Waals surface area (Å²) < 4.78 is 0. The number of carbonyl (C=O) groups is 2. The van der Waals surface area contributed by atoms with Crippen LogP contribution in [0.25, 0.3) is 20.3 Å². The molecule has 0 unspecified atom stereocenters. The van der Waals surface area contributed by atoms with Crippen LogP contribution in [0.5, 0.6) is 0 Å². The Hall–Kier alpha value is -2.46. The zero-order valence-electron chi connectivity index (χ0n) is 16.6. The normalized spacial score (nSPS) is 10.7. The fraction of sp³-hybridized carbons (Fsp3) is 0.136. The van der Waals surface area contributed by atoms with Gasteiger partial charge in [-0.05, 0) is 47.5 Å². The molecule has 0 atom stereocenters. The maximum absolute atomic E-state index is 12.4. The summed E-state index contributed by atoms with van der Waals surface area (Å²) in [6, 6.07) is 15.7. The molecular weight excluding hydrogens is 467 g/mol. The van der Waals surface area contributed by atoms with Crippen LogP contribution in [0.1, 0.15) is 5.56 Å². The number of hydrogen-bond acceptors (Lipinski definition) is 7. The third-order valence-corrected chi connectivity index (χ3v) is 7.97. The molecule has 0 aliphatic heterocycles. The first kappa shape index (κ1) is 21.8. The lowest BCUT2D eigenvalue weighted by atomic mass is 10.2. The Morgan fingerprint density at radius 1 is 0.935 bits per heavy atom. The van der Waals surface area contributed by atoms with Gasteiger partial charge in [0.1, 0.15) is 5.69 Å². The molecule has 3 heterocycles. The summed E-state index contributed by atoms with van der Waals surface area (Å²) in [5.74, 6) is 0.0963. The van der Waals surface area contributed by atoms with Crippen LogP contribution in [-0.4, -0.2) is 28.3 Å². The lowest BCUT2D eigenvalue weighted by Crippen LogP contribution is -2.18. The first-order valence-electron chi connectivity index (χ1n) is 9.41. The molecule has 31 heavy (non-hydrogen) atoms. The van der Waals surface area contributed by atoms with E-state index in [-0.39, 0.29) is 23.3 Å². The van der Waals surface area contributed by atoms with E-state index in [1.54, 1.807) is 22.7 Å². The summed E-state index contributed by atoms with van der Waals surface area (Å²) in [4.78, 5) is 32.4. The molecule has 1 aromatic carbocycles. The van der Waals surface area contributed by atoms with Crippen LogP contribution in [0.15, 0.2) is 59.3 Å². The van der Waals surface area contributed by atoms with E-state index in [1.165, 1.54) is 23.1 Å². The molecule has 0 bridgehead atoms. The smallest absolute Gasteiger partial charge is 0.236 e. The third kappa shape index (κ3) is 5.82. The zero-order valence-corrected chi connectivity index (χ0v) is 19.9. The van der Waals surface area contributed by atoms with Gasteiger partial charge in [-0.25, -0.2) is 4.98 Å². The summed E-state index contributed by atoms with van der Waals surface area (Å²) in [7, 11) is 0. The lowest BCUT2D eigenvalue weighted by molar-refractivity contribution is -0.114. The number of aromatic nitrogens is 1. The van der Waals surface area contributed by atoms with Gasteiger partial charge in [0.2, 0.25) is 11.8 Å². The predicted octanol–water partition coefficient (Wildman–Crippen LogP) is 6.22. The molecule has 5 nitrogen and oxygen atoms in total. The average Bonchev–Trinajstić information content (AvgIpc) is 3.49. The Morgan fingerprint density at radius 3 is 2.32 bits per heavy atom. The van der Waals surface area contributed by atoms with Crippen LogP contribution in [0.4, 0.5) is 10.8 Å². The van der Waals surface area contributed by atoms with Gasteiger partial charge in [-0.2, -0.15) is 0 Å². The lowest BCUT2D eigenvalue weighted by Gasteiger charge is -2.06. The van der Waals surface area contributed by atoms with Gasteiger partial charge < -0.3 is 10.6 Å². The molecule has 4 rings (SSSR count). The summed E-state index contributed by atoms with van der Waals surface area (Å²) in [5, 5.41) is 10.4. The number of amides is 2. The molecule has 0 saturated carbocycles. The molecule has 0 spiro atoms. The molecule has 0 aliphatic carbocycles. The van der Waals surface area contributed by atoms with Crippen molar-refractivity contribution < 1.29 is 9.59 Å². The maximum atomic E-state index is 12.4. The monoisotopic (exact) mass is 485 g/mol. The Kier molecular flexibility index (Phi) is 7.18. The second kappa shape index (κ2) is 10.2. The molecule has 0 radical (unpaired) electrons. The van der Waals surface area contributed by atoms with E-state index in [4.69, 9.17) is 0 Å². The SMILES string of the molecule is Cc1cccc(NC(=O)CSCC(=O)Nc2nc(-c3cccs3)c(-c3cccs3)s2)c1. The standard InChI is InChI=1S/C22H19N3O2S4/c1-14-5-2-6-15(11-14)23-18(26)12-28-13-19(27)24-22-25-20(16-7-3-9-29-16)21(31-22)17-8-4-10-30-17/h2-11H,12-13H2,1H3,(H,23,26)(H,24,25,27). The van der Waals surface area contributed by atoms with Crippen molar-refractivity contribution >= 4 is 68.4 Å². The number of benzene rings is 1. The number of nitrogens with one attached hydrogen (secondary N) is 2. The van der Waals surface area contributed by atoms with E-state index in [2.05, 4.69) is 21.7 Å². The van der Waals surface area contributed by atoms with E-state index in [9.17, 15) is 9.59 Å². The second-order valence-electron chi connectivity index (χ2n) is 6.61. The number of thioether (sulfide) groups is 1. The highest BCUT2D eigenvalue weighted by molar-refractivity contribution is 8.00. The van der Waals surface area contributed by atoms with Gasteiger partial charge in [0.25, 0.3) is 0 Å². The number of thiazole rings is 1. The molecule has 2 N–H and O–H groups in total. The number of hydrogen-bond donors (Lipinski definition) is 2. The Labute approximate surface area is 196 Å². The van der Waals surface area contributed by atoms with Crippen molar-refractivity contribution in [2.75, 3.05) is 22.1 Å².